The molecule has 2 heteroatoms. The van der Waals surface area contributed by atoms with Crippen LogP contribution in [-0.4, -0.2) is 4.57 Å². The minimum atomic E-state index is 0.994. The molecule has 0 saturated carbocycles. The summed E-state index contributed by atoms with van der Waals surface area (Å²) in [5, 5.41) is 2.52. The molecule has 0 unspecified atom stereocenters. The largest absolute Gasteiger partial charge is 0.309 e. The monoisotopic (exact) mass is 427 g/mol. The van der Waals surface area contributed by atoms with Crippen molar-refractivity contribution >= 4 is 49.0 Å². The van der Waals surface area contributed by atoms with Crippen molar-refractivity contribution in [3.63, 3.8) is 0 Å². The van der Waals surface area contributed by atoms with Crippen LogP contribution in [0.1, 0.15) is 18.1 Å². The van der Waals surface area contributed by atoms with Crippen LogP contribution >= 0.6 is 15.9 Å². The molecule has 0 amide bonds. The third kappa shape index (κ3) is 3.25. The highest BCUT2D eigenvalue weighted by Crippen LogP contribution is 2.33. The molecule has 0 radical (unpaired) electrons. The van der Waals surface area contributed by atoms with E-state index in [4.69, 9.17) is 0 Å². The molecule has 3 aromatic carbocycles. The summed E-state index contributed by atoms with van der Waals surface area (Å²) in [5.74, 6) is 0. The Morgan fingerprint density at radius 2 is 1.54 bits per heavy atom. The zero-order chi connectivity index (χ0) is 19.7. The fourth-order valence-corrected chi connectivity index (χ4v) is 4.12. The van der Waals surface area contributed by atoms with Crippen molar-refractivity contribution in [3.05, 3.63) is 107 Å². The van der Waals surface area contributed by atoms with Gasteiger partial charge in [-0.1, -0.05) is 71.0 Å². The van der Waals surface area contributed by atoms with Crippen LogP contribution in [0, 0.1) is 6.92 Å². The lowest BCUT2D eigenvalue weighted by Crippen LogP contribution is -1.96. The van der Waals surface area contributed by atoms with E-state index in [2.05, 4.69) is 126 Å². The highest BCUT2D eigenvalue weighted by Gasteiger charge is 2.12. The fraction of sp³-hybridized carbons (Fsp3) is 0.0769. The lowest BCUT2D eigenvalue weighted by molar-refractivity contribution is 1.24. The molecule has 0 aliphatic rings. The summed E-state index contributed by atoms with van der Waals surface area (Å²) >= 11 is 3.58. The van der Waals surface area contributed by atoms with E-state index >= 15 is 0 Å². The van der Waals surface area contributed by atoms with Crippen LogP contribution in [0.2, 0.25) is 0 Å². The van der Waals surface area contributed by atoms with Crippen molar-refractivity contribution in [1.29, 1.82) is 0 Å². The van der Waals surface area contributed by atoms with Gasteiger partial charge in [0.2, 0.25) is 0 Å². The Kier molecular flexibility index (Phi) is 5.06. The lowest BCUT2D eigenvalue weighted by atomic mass is 10.0. The number of aromatic nitrogens is 1. The number of hydrogen-bond acceptors (Lipinski definition) is 0. The SMILES string of the molecule is C=C(/C=C(\C=C/C)n1c2ccccc2c2ccccc21)c1cc(Br)ccc1C. The van der Waals surface area contributed by atoms with E-state index in [1.54, 1.807) is 0 Å². The van der Waals surface area contributed by atoms with Crippen molar-refractivity contribution in [2.75, 3.05) is 0 Å². The number of para-hydroxylation sites is 2. The minimum absolute atomic E-state index is 0.994. The zero-order valence-electron chi connectivity index (χ0n) is 16.1. The summed E-state index contributed by atoms with van der Waals surface area (Å²) in [6, 6.07) is 23.4. The Hall–Kier alpha value is -2.84. The zero-order valence-corrected chi connectivity index (χ0v) is 17.7. The molecule has 1 nitrogen and oxygen atoms in total. The van der Waals surface area contributed by atoms with Gasteiger partial charge in [0.25, 0.3) is 0 Å². The molecule has 0 bridgehead atoms. The number of allylic oxidation sites excluding steroid dienone is 5. The van der Waals surface area contributed by atoms with Crippen LogP contribution in [0.5, 0.6) is 0 Å². The molecule has 0 saturated heterocycles. The van der Waals surface area contributed by atoms with E-state index in [0.29, 0.717) is 0 Å². The maximum atomic E-state index is 4.37. The fourth-order valence-electron chi connectivity index (χ4n) is 3.76. The molecule has 4 aromatic rings. The van der Waals surface area contributed by atoms with Crippen LogP contribution in [-0.2, 0) is 0 Å². The predicted octanol–water partition coefficient (Wildman–Crippen LogP) is 8.00. The van der Waals surface area contributed by atoms with Gasteiger partial charge in [-0.3, -0.25) is 0 Å². The Morgan fingerprint density at radius 3 is 2.14 bits per heavy atom. The molecule has 0 aliphatic carbocycles. The Labute approximate surface area is 174 Å². The van der Waals surface area contributed by atoms with Crippen molar-refractivity contribution in [2.24, 2.45) is 0 Å². The van der Waals surface area contributed by atoms with E-state index in [9.17, 15) is 0 Å². The molecule has 1 heterocycles. The number of benzene rings is 3. The first-order chi connectivity index (χ1) is 13.6. The number of hydrogen-bond donors (Lipinski definition) is 0. The van der Waals surface area contributed by atoms with E-state index in [0.717, 1.165) is 21.3 Å². The molecular formula is C26H22BrN. The molecule has 0 spiro atoms. The first kappa shape index (κ1) is 18.5. The van der Waals surface area contributed by atoms with Gasteiger partial charge in [0.15, 0.2) is 0 Å². The van der Waals surface area contributed by atoms with Gasteiger partial charge in [0, 0.05) is 20.9 Å². The van der Waals surface area contributed by atoms with Gasteiger partial charge in [-0.05, 0) is 67.0 Å². The average molecular weight is 428 g/mol. The number of nitrogens with zero attached hydrogens (tertiary/aromatic N) is 1. The van der Waals surface area contributed by atoms with Crippen molar-refractivity contribution in [2.45, 2.75) is 13.8 Å². The third-order valence-corrected chi connectivity index (χ3v) is 5.54. The molecule has 28 heavy (non-hydrogen) atoms. The molecular weight excluding hydrogens is 406 g/mol. The number of fused-ring (bicyclic) bond motifs is 3. The topological polar surface area (TPSA) is 4.93 Å². The van der Waals surface area contributed by atoms with E-state index in [1.165, 1.54) is 27.4 Å². The summed E-state index contributed by atoms with van der Waals surface area (Å²) < 4.78 is 3.38. The Balaban J connectivity index is 1.97. The molecule has 0 aliphatic heterocycles. The van der Waals surface area contributed by atoms with Crippen molar-refractivity contribution in [3.8, 4) is 0 Å². The summed E-state index contributed by atoms with van der Waals surface area (Å²) in [4.78, 5) is 0. The van der Waals surface area contributed by atoms with E-state index in [-0.39, 0.29) is 0 Å². The first-order valence-corrected chi connectivity index (χ1v) is 10.2. The number of halogens is 1. The van der Waals surface area contributed by atoms with Gasteiger partial charge in [-0.25, -0.2) is 0 Å². The number of aryl methyl sites for hydroxylation is 1. The lowest BCUT2D eigenvalue weighted by Gasteiger charge is -2.12. The van der Waals surface area contributed by atoms with Gasteiger partial charge in [-0.2, -0.15) is 0 Å². The third-order valence-electron chi connectivity index (χ3n) is 5.04. The van der Waals surface area contributed by atoms with Crippen LogP contribution in [0.3, 0.4) is 0 Å². The predicted molar refractivity (Wildman–Crippen MR) is 126 cm³/mol. The summed E-state index contributed by atoms with van der Waals surface area (Å²) in [7, 11) is 0. The molecule has 0 N–H and O–H groups in total. The smallest absolute Gasteiger partial charge is 0.0541 e. The molecule has 138 valence electrons. The number of rotatable bonds is 4. The maximum Gasteiger partial charge on any atom is 0.0541 e. The summed E-state index contributed by atoms with van der Waals surface area (Å²) in [6.45, 7) is 8.55. The molecule has 0 fully saturated rings. The Bertz CT molecular complexity index is 1200. The summed E-state index contributed by atoms with van der Waals surface area (Å²) in [5.41, 5.74) is 6.86. The molecule has 0 atom stereocenters. The Morgan fingerprint density at radius 1 is 0.929 bits per heavy atom. The highest BCUT2D eigenvalue weighted by molar-refractivity contribution is 9.10. The van der Waals surface area contributed by atoms with Gasteiger partial charge < -0.3 is 4.57 Å². The molecule has 4 rings (SSSR count). The first-order valence-electron chi connectivity index (χ1n) is 9.38. The van der Waals surface area contributed by atoms with E-state index < -0.39 is 0 Å². The van der Waals surface area contributed by atoms with Crippen molar-refractivity contribution in [1.82, 2.24) is 4.57 Å². The van der Waals surface area contributed by atoms with Crippen LogP contribution in [0.4, 0.5) is 0 Å². The van der Waals surface area contributed by atoms with Gasteiger partial charge in [-0.15, -0.1) is 0 Å². The highest BCUT2D eigenvalue weighted by atomic mass is 79.9. The maximum absolute atomic E-state index is 4.37. The summed E-state index contributed by atoms with van der Waals surface area (Å²) in [6.07, 6.45) is 6.40. The van der Waals surface area contributed by atoms with E-state index in [1.807, 2.05) is 0 Å². The second-order valence-electron chi connectivity index (χ2n) is 6.92. The molecule has 1 aromatic heterocycles. The quantitative estimate of drug-likeness (QED) is 0.290. The van der Waals surface area contributed by atoms with Gasteiger partial charge >= 0.3 is 0 Å². The van der Waals surface area contributed by atoms with Crippen LogP contribution in [0.25, 0.3) is 33.1 Å². The normalized spacial score (nSPS) is 12.3. The van der Waals surface area contributed by atoms with Gasteiger partial charge in [0.1, 0.15) is 0 Å². The second kappa shape index (κ2) is 7.65. The minimum Gasteiger partial charge on any atom is -0.309 e. The van der Waals surface area contributed by atoms with Gasteiger partial charge in [0.05, 0.1) is 11.0 Å². The second-order valence-corrected chi connectivity index (χ2v) is 7.84. The van der Waals surface area contributed by atoms with Crippen LogP contribution < -0.4 is 0 Å². The average Bonchev–Trinajstić information content (AvgIpc) is 3.04. The standard InChI is InChI=1S/C26H22BrN/c1-4-9-21(16-19(3)24-17-20(27)15-14-18(24)2)28-25-12-7-5-10-22(25)23-11-6-8-13-26(23)28/h4-17H,3H2,1-2H3/b9-4-,21-16+. The van der Waals surface area contributed by atoms with Crippen LogP contribution in [0.15, 0.2) is 96.0 Å². The van der Waals surface area contributed by atoms with Crippen molar-refractivity contribution < 1.29 is 0 Å².